The van der Waals surface area contributed by atoms with Crippen LogP contribution in [-0.4, -0.2) is 45.9 Å². The largest absolute Gasteiger partial charge is 0.488 e. The highest BCUT2D eigenvalue weighted by molar-refractivity contribution is 6.30. The maximum absolute atomic E-state index is 13.8. The molecule has 0 aliphatic heterocycles. The van der Waals surface area contributed by atoms with E-state index in [-0.39, 0.29) is 40.4 Å². The Labute approximate surface area is 198 Å². The summed E-state index contributed by atoms with van der Waals surface area (Å²) in [5.74, 6) is 0.503. The molecule has 1 unspecified atom stereocenters. The van der Waals surface area contributed by atoms with Gasteiger partial charge in [-0.2, -0.15) is 0 Å². The van der Waals surface area contributed by atoms with Crippen molar-refractivity contribution in [1.29, 1.82) is 0 Å². The maximum atomic E-state index is 13.8. The van der Waals surface area contributed by atoms with Gasteiger partial charge in [0, 0.05) is 31.6 Å². The van der Waals surface area contributed by atoms with Crippen LogP contribution in [0.2, 0.25) is 5.02 Å². The summed E-state index contributed by atoms with van der Waals surface area (Å²) in [5.41, 5.74) is 1.30. The molecule has 2 aromatic heterocycles. The first-order chi connectivity index (χ1) is 15.7. The lowest BCUT2D eigenvalue weighted by Gasteiger charge is -2.15. The number of benzene rings is 1. The quantitative estimate of drug-likeness (QED) is 0.512. The third-order valence-electron chi connectivity index (χ3n) is 5.23. The molecule has 0 aliphatic rings. The Balaban J connectivity index is 2.23. The van der Waals surface area contributed by atoms with Crippen molar-refractivity contribution in [3.05, 3.63) is 56.7 Å². The lowest BCUT2D eigenvalue weighted by molar-refractivity contribution is 0.0892. The minimum atomic E-state index is -0.352. The number of hydrogen-bond donors (Lipinski definition) is 1. The molecular weight excluding hydrogens is 444 g/mol. The Morgan fingerprint density at radius 2 is 2.00 bits per heavy atom. The Kier molecular flexibility index (Phi) is 7.81. The molecule has 0 saturated heterocycles. The zero-order valence-corrected chi connectivity index (χ0v) is 20.7. The summed E-state index contributed by atoms with van der Waals surface area (Å²) in [7, 11) is 3.30. The van der Waals surface area contributed by atoms with Gasteiger partial charge in [-0.15, -0.1) is 0 Å². The summed E-state index contributed by atoms with van der Waals surface area (Å²) < 4.78 is 14.4. The number of halogens is 1. The van der Waals surface area contributed by atoms with Gasteiger partial charge in [0.25, 0.3) is 11.5 Å². The van der Waals surface area contributed by atoms with E-state index in [9.17, 15) is 9.59 Å². The lowest BCUT2D eigenvalue weighted by Crippen LogP contribution is -2.36. The Bertz CT molecular complexity index is 1220. The molecule has 1 atom stereocenters. The van der Waals surface area contributed by atoms with Crippen molar-refractivity contribution in [3.63, 3.8) is 0 Å². The number of fused-ring (bicyclic) bond motifs is 1. The number of nitrogens with zero attached hydrogens (tertiary/aromatic N) is 3. The molecule has 3 rings (SSSR count). The molecular formula is C24H31ClN4O4. The molecule has 1 aromatic carbocycles. The normalized spacial score (nSPS) is 12.4. The lowest BCUT2D eigenvalue weighted by atomic mass is 10.2. The number of rotatable bonds is 9. The third-order valence-corrected chi connectivity index (χ3v) is 5.47. The standard InChI is InChI=1S/C24H31ClN4O4/c1-7-18-27-22-19(24(31)29(18)12-16-9-8-10-17(25)11-16)21(33-14(2)3)20(28(22)5)23(30)26-15(4)13-32-6/h8-11,14-15H,7,12-13H2,1-6H3,(H,26,30). The number of nitrogens with one attached hydrogen (secondary N) is 1. The Morgan fingerprint density at radius 3 is 2.61 bits per heavy atom. The minimum absolute atomic E-state index is 0.217. The molecule has 0 aliphatic carbocycles. The molecule has 0 saturated carbocycles. The van der Waals surface area contributed by atoms with Gasteiger partial charge in [0.1, 0.15) is 11.2 Å². The second-order valence-corrected chi connectivity index (χ2v) is 8.77. The van der Waals surface area contributed by atoms with E-state index in [0.717, 1.165) is 5.56 Å². The van der Waals surface area contributed by atoms with Crippen LogP contribution < -0.4 is 15.6 Å². The average molecular weight is 475 g/mol. The van der Waals surface area contributed by atoms with E-state index in [4.69, 9.17) is 26.1 Å². The van der Waals surface area contributed by atoms with Gasteiger partial charge in [-0.1, -0.05) is 30.7 Å². The molecule has 2 heterocycles. The summed E-state index contributed by atoms with van der Waals surface area (Å²) in [6.07, 6.45) is 0.300. The molecule has 0 bridgehead atoms. The molecule has 9 heteroatoms. The SMILES string of the molecule is CCc1nc2c(c(OC(C)C)c(C(=O)NC(C)COC)n2C)c(=O)n1Cc1cccc(Cl)c1. The molecule has 0 fully saturated rings. The molecule has 0 spiro atoms. The van der Waals surface area contributed by atoms with Gasteiger partial charge in [-0.05, 0) is 38.5 Å². The number of aromatic nitrogens is 3. The average Bonchev–Trinajstić information content (AvgIpc) is 3.01. The molecule has 1 amide bonds. The van der Waals surface area contributed by atoms with Crippen LogP contribution in [0.5, 0.6) is 5.75 Å². The van der Waals surface area contributed by atoms with Crippen molar-refractivity contribution in [2.24, 2.45) is 7.05 Å². The van der Waals surface area contributed by atoms with Gasteiger partial charge >= 0.3 is 0 Å². The topological polar surface area (TPSA) is 87.4 Å². The van der Waals surface area contributed by atoms with Crippen LogP contribution in [0, 0.1) is 0 Å². The van der Waals surface area contributed by atoms with E-state index < -0.39 is 0 Å². The van der Waals surface area contributed by atoms with E-state index in [1.807, 2.05) is 45.9 Å². The second kappa shape index (κ2) is 10.4. The van der Waals surface area contributed by atoms with Crippen LogP contribution in [-0.2, 0) is 24.8 Å². The first kappa shape index (κ1) is 24.8. The summed E-state index contributed by atoms with van der Waals surface area (Å²) in [5, 5.41) is 3.79. The minimum Gasteiger partial charge on any atom is -0.488 e. The van der Waals surface area contributed by atoms with Crippen LogP contribution >= 0.6 is 11.6 Å². The summed E-state index contributed by atoms with van der Waals surface area (Å²) in [6.45, 7) is 8.17. The highest BCUT2D eigenvalue weighted by atomic mass is 35.5. The predicted molar refractivity (Wildman–Crippen MR) is 129 cm³/mol. The number of hydrogen-bond acceptors (Lipinski definition) is 5. The van der Waals surface area contributed by atoms with E-state index in [1.165, 1.54) is 0 Å². The van der Waals surface area contributed by atoms with E-state index >= 15 is 0 Å². The Hall–Kier alpha value is -2.84. The van der Waals surface area contributed by atoms with Crippen molar-refractivity contribution >= 4 is 28.5 Å². The number of aryl methyl sites for hydroxylation is 2. The van der Waals surface area contributed by atoms with Crippen LogP contribution in [0.25, 0.3) is 11.0 Å². The van der Waals surface area contributed by atoms with Crippen LogP contribution in [0.15, 0.2) is 29.1 Å². The highest BCUT2D eigenvalue weighted by Gasteiger charge is 2.28. The van der Waals surface area contributed by atoms with Crippen LogP contribution in [0.3, 0.4) is 0 Å². The number of methoxy groups -OCH3 is 1. The van der Waals surface area contributed by atoms with E-state index in [2.05, 4.69) is 5.32 Å². The molecule has 0 radical (unpaired) electrons. The smallest absolute Gasteiger partial charge is 0.272 e. The summed E-state index contributed by atoms with van der Waals surface area (Å²) >= 11 is 6.15. The molecule has 1 N–H and O–H groups in total. The monoisotopic (exact) mass is 474 g/mol. The first-order valence-corrected chi connectivity index (χ1v) is 11.4. The molecule has 8 nitrogen and oxygen atoms in total. The molecule has 33 heavy (non-hydrogen) atoms. The van der Waals surface area contributed by atoms with Gasteiger partial charge in [-0.25, -0.2) is 4.98 Å². The maximum Gasteiger partial charge on any atom is 0.272 e. The van der Waals surface area contributed by atoms with E-state index in [1.54, 1.807) is 29.4 Å². The van der Waals surface area contributed by atoms with E-state index in [0.29, 0.717) is 36.1 Å². The van der Waals surface area contributed by atoms with Gasteiger partial charge in [0.15, 0.2) is 17.1 Å². The molecule has 3 aromatic rings. The van der Waals surface area contributed by atoms with Crippen LogP contribution in [0.1, 0.15) is 49.6 Å². The number of carbonyl (C=O) groups excluding carboxylic acids is 1. The first-order valence-electron chi connectivity index (χ1n) is 11.0. The zero-order valence-electron chi connectivity index (χ0n) is 19.9. The fourth-order valence-corrected chi connectivity index (χ4v) is 4.06. The van der Waals surface area contributed by atoms with Gasteiger partial charge in [-0.3, -0.25) is 14.2 Å². The van der Waals surface area contributed by atoms with Gasteiger partial charge in [0.2, 0.25) is 0 Å². The fraction of sp³-hybridized carbons (Fsp3) is 0.458. The van der Waals surface area contributed by atoms with Crippen molar-refractivity contribution in [1.82, 2.24) is 19.4 Å². The van der Waals surface area contributed by atoms with Gasteiger partial charge < -0.3 is 19.4 Å². The predicted octanol–water partition coefficient (Wildman–Crippen LogP) is 3.55. The van der Waals surface area contributed by atoms with Crippen molar-refractivity contribution in [2.45, 2.75) is 52.8 Å². The van der Waals surface area contributed by atoms with Gasteiger partial charge in [0.05, 0.1) is 19.3 Å². The Morgan fingerprint density at radius 1 is 1.27 bits per heavy atom. The number of ether oxygens (including phenoxy) is 2. The second-order valence-electron chi connectivity index (χ2n) is 8.33. The summed E-state index contributed by atoms with van der Waals surface area (Å²) in [6, 6.07) is 7.15. The summed E-state index contributed by atoms with van der Waals surface area (Å²) in [4.78, 5) is 31.7. The van der Waals surface area contributed by atoms with Crippen molar-refractivity contribution in [2.75, 3.05) is 13.7 Å². The number of carbonyl (C=O) groups is 1. The molecule has 178 valence electrons. The van der Waals surface area contributed by atoms with Crippen molar-refractivity contribution in [3.8, 4) is 5.75 Å². The van der Waals surface area contributed by atoms with Crippen molar-refractivity contribution < 1.29 is 14.3 Å². The zero-order chi connectivity index (χ0) is 24.3. The van der Waals surface area contributed by atoms with Crippen LogP contribution in [0.4, 0.5) is 0 Å². The third kappa shape index (κ3) is 5.23. The number of amides is 1. The fourth-order valence-electron chi connectivity index (χ4n) is 3.84. The highest BCUT2D eigenvalue weighted by Crippen LogP contribution is 2.31.